The highest BCUT2D eigenvalue weighted by molar-refractivity contribution is 5.56. The smallest absolute Gasteiger partial charge is 0.329 e. The molecular weight excluding hydrogens is 274 g/mol. The molecule has 1 fully saturated rings. The fourth-order valence-electron chi connectivity index (χ4n) is 2.45. The lowest BCUT2D eigenvalue weighted by Crippen LogP contribution is -2.29. The topological polar surface area (TPSA) is 122 Å². The van der Waals surface area contributed by atoms with E-state index in [0.29, 0.717) is 12.5 Å². The molecule has 0 amide bonds. The molecule has 9 heteroatoms. The molecule has 1 aliphatic heterocycles. The lowest BCUT2D eigenvalue weighted by molar-refractivity contribution is -0.384. The zero-order chi connectivity index (χ0) is 15.2. The number of rotatable bonds is 7. The highest BCUT2D eigenvalue weighted by atomic mass is 16.6. The van der Waals surface area contributed by atoms with Gasteiger partial charge in [0.15, 0.2) is 0 Å². The van der Waals surface area contributed by atoms with Crippen molar-refractivity contribution in [2.45, 2.75) is 19.8 Å². The van der Waals surface area contributed by atoms with E-state index in [2.05, 4.69) is 32.5 Å². The first kappa shape index (κ1) is 15.4. The van der Waals surface area contributed by atoms with Crippen molar-refractivity contribution in [3.63, 3.8) is 0 Å². The molecule has 0 spiro atoms. The van der Waals surface area contributed by atoms with Gasteiger partial charge >= 0.3 is 5.69 Å². The van der Waals surface area contributed by atoms with Crippen molar-refractivity contribution in [2.75, 3.05) is 36.9 Å². The molecule has 1 aliphatic rings. The minimum absolute atomic E-state index is 0.148. The first-order chi connectivity index (χ1) is 10.1. The first-order valence-electron chi connectivity index (χ1n) is 7.04. The molecule has 1 aromatic heterocycles. The van der Waals surface area contributed by atoms with Gasteiger partial charge in [-0.25, -0.2) is 10.8 Å². The van der Waals surface area contributed by atoms with Crippen molar-refractivity contribution in [3.8, 4) is 0 Å². The van der Waals surface area contributed by atoms with Crippen LogP contribution in [0.15, 0.2) is 6.20 Å². The summed E-state index contributed by atoms with van der Waals surface area (Å²) in [6.07, 6.45) is 3.65. The predicted octanol–water partition coefficient (Wildman–Crippen LogP) is 0.814. The van der Waals surface area contributed by atoms with E-state index in [4.69, 9.17) is 5.84 Å². The van der Waals surface area contributed by atoms with Crippen molar-refractivity contribution in [1.82, 2.24) is 14.9 Å². The maximum absolute atomic E-state index is 11.0. The van der Waals surface area contributed by atoms with Crippen LogP contribution >= 0.6 is 0 Å². The van der Waals surface area contributed by atoms with E-state index in [1.807, 2.05) is 0 Å². The molecule has 2 heterocycles. The standard InChI is InChI=1S/C12H21N7O2/c1-9(8-18-4-2-3-5-18)6-14-11-10(19(20)21)7-15-12(16-11)17-13/h7,9H,2-6,8,13H2,1H3,(H2,14,15,16,17). The summed E-state index contributed by atoms with van der Waals surface area (Å²) < 4.78 is 0. The van der Waals surface area contributed by atoms with Crippen molar-refractivity contribution < 1.29 is 4.92 Å². The fourth-order valence-corrected chi connectivity index (χ4v) is 2.45. The molecule has 0 saturated carbocycles. The predicted molar refractivity (Wildman–Crippen MR) is 79.8 cm³/mol. The maximum atomic E-state index is 11.0. The van der Waals surface area contributed by atoms with Crippen molar-refractivity contribution >= 4 is 17.5 Å². The molecule has 9 nitrogen and oxygen atoms in total. The second-order valence-electron chi connectivity index (χ2n) is 5.32. The van der Waals surface area contributed by atoms with Gasteiger partial charge in [0.1, 0.15) is 6.20 Å². The van der Waals surface area contributed by atoms with Gasteiger partial charge in [-0.3, -0.25) is 15.5 Å². The second-order valence-corrected chi connectivity index (χ2v) is 5.32. The van der Waals surface area contributed by atoms with E-state index in [1.54, 1.807) is 0 Å². The molecule has 1 unspecified atom stereocenters. The Kier molecular flexibility index (Phi) is 5.23. The number of hydrogen-bond donors (Lipinski definition) is 3. The summed E-state index contributed by atoms with van der Waals surface area (Å²) in [7, 11) is 0. The Morgan fingerprint density at radius 2 is 2.24 bits per heavy atom. The molecule has 21 heavy (non-hydrogen) atoms. The minimum Gasteiger partial charge on any atom is -0.364 e. The van der Waals surface area contributed by atoms with Crippen LogP contribution < -0.4 is 16.6 Å². The molecule has 0 bridgehead atoms. The zero-order valence-corrected chi connectivity index (χ0v) is 12.1. The number of nitrogen functional groups attached to an aromatic ring is 1. The van der Waals surface area contributed by atoms with E-state index in [0.717, 1.165) is 25.8 Å². The summed E-state index contributed by atoms with van der Waals surface area (Å²) >= 11 is 0. The van der Waals surface area contributed by atoms with E-state index in [9.17, 15) is 10.1 Å². The Morgan fingerprint density at radius 3 is 2.86 bits per heavy atom. The van der Waals surface area contributed by atoms with Crippen LogP contribution in [0.4, 0.5) is 17.5 Å². The molecule has 2 rings (SSSR count). The van der Waals surface area contributed by atoms with Gasteiger partial charge in [-0.1, -0.05) is 6.92 Å². The van der Waals surface area contributed by atoms with E-state index in [-0.39, 0.29) is 17.5 Å². The van der Waals surface area contributed by atoms with Crippen LogP contribution in [0.2, 0.25) is 0 Å². The molecule has 0 radical (unpaired) electrons. The van der Waals surface area contributed by atoms with Crippen LogP contribution in [0.3, 0.4) is 0 Å². The number of nitrogens with one attached hydrogen (secondary N) is 2. The summed E-state index contributed by atoms with van der Waals surface area (Å²) in [5.41, 5.74) is 2.14. The Morgan fingerprint density at radius 1 is 1.52 bits per heavy atom. The molecule has 4 N–H and O–H groups in total. The number of hydrazine groups is 1. The highest BCUT2D eigenvalue weighted by Crippen LogP contribution is 2.22. The lowest BCUT2D eigenvalue weighted by atomic mass is 10.1. The van der Waals surface area contributed by atoms with Gasteiger partial charge in [0.05, 0.1) is 4.92 Å². The maximum Gasteiger partial charge on any atom is 0.329 e. The van der Waals surface area contributed by atoms with Crippen LogP contribution in [0.25, 0.3) is 0 Å². The van der Waals surface area contributed by atoms with Gasteiger partial charge in [0.2, 0.25) is 11.8 Å². The van der Waals surface area contributed by atoms with Crippen molar-refractivity contribution in [1.29, 1.82) is 0 Å². The van der Waals surface area contributed by atoms with Crippen LogP contribution in [0.1, 0.15) is 19.8 Å². The quantitative estimate of drug-likeness (QED) is 0.384. The van der Waals surface area contributed by atoms with Crippen molar-refractivity contribution in [3.05, 3.63) is 16.3 Å². The van der Waals surface area contributed by atoms with Crippen LogP contribution in [-0.2, 0) is 0 Å². The number of likely N-dealkylation sites (tertiary alicyclic amines) is 1. The number of aromatic nitrogens is 2. The third-order valence-electron chi connectivity index (χ3n) is 3.48. The summed E-state index contributed by atoms with van der Waals surface area (Å²) in [5, 5.41) is 14.0. The average molecular weight is 295 g/mol. The number of nitrogens with two attached hydrogens (primary N) is 1. The highest BCUT2D eigenvalue weighted by Gasteiger charge is 2.19. The Balaban J connectivity index is 1.95. The summed E-state index contributed by atoms with van der Waals surface area (Å²) in [4.78, 5) is 20.6. The van der Waals surface area contributed by atoms with Crippen LogP contribution in [0.5, 0.6) is 0 Å². The molecule has 1 aromatic rings. The van der Waals surface area contributed by atoms with Gasteiger partial charge in [0, 0.05) is 13.1 Å². The van der Waals surface area contributed by atoms with Gasteiger partial charge in [-0.05, 0) is 31.8 Å². The largest absolute Gasteiger partial charge is 0.364 e. The monoisotopic (exact) mass is 295 g/mol. The third-order valence-corrected chi connectivity index (χ3v) is 3.48. The number of anilines is 2. The van der Waals surface area contributed by atoms with Gasteiger partial charge in [-0.2, -0.15) is 4.98 Å². The van der Waals surface area contributed by atoms with E-state index < -0.39 is 4.92 Å². The molecular formula is C12H21N7O2. The molecule has 1 atom stereocenters. The second kappa shape index (κ2) is 7.14. The summed E-state index contributed by atoms with van der Waals surface area (Å²) in [5.74, 6) is 5.94. The number of hydrogen-bond acceptors (Lipinski definition) is 8. The number of nitro groups is 1. The zero-order valence-electron chi connectivity index (χ0n) is 12.1. The van der Waals surface area contributed by atoms with Crippen molar-refractivity contribution in [2.24, 2.45) is 11.8 Å². The van der Waals surface area contributed by atoms with Crippen LogP contribution in [0, 0.1) is 16.0 Å². The SMILES string of the molecule is CC(CNc1nc(NN)ncc1[N+](=O)[O-])CN1CCCC1. The molecule has 116 valence electrons. The molecule has 1 saturated heterocycles. The lowest BCUT2D eigenvalue weighted by Gasteiger charge is -2.20. The molecule has 0 aliphatic carbocycles. The Labute approximate surface area is 123 Å². The summed E-state index contributed by atoms with van der Waals surface area (Å²) in [6.45, 7) is 5.98. The Bertz CT molecular complexity index is 490. The van der Waals surface area contributed by atoms with Gasteiger partial charge in [0.25, 0.3) is 0 Å². The Hall–Kier alpha value is -2.00. The third kappa shape index (κ3) is 4.23. The van der Waals surface area contributed by atoms with E-state index >= 15 is 0 Å². The van der Waals surface area contributed by atoms with Gasteiger partial charge < -0.3 is 10.2 Å². The number of nitrogens with zero attached hydrogens (tertiary/aromatic N) is 4. The molecule has 0 aromatic carbocycles. The first-order valence-corrected chi connectivity index (χ1v) is 7.04. The normalized spacial score (nSPS) is 16.7. The fraction of sp³-hybridized carbons (Fsp3) is 0.667. The minimum atomic E-state index is -0.506. The average Bonchev–Trinajstić information content (AvgIpc) is 2.97. The van der Waals surface area contributed by atoms with E-state index in [1.165, 1.54) is 12.8 Å². The van der Waals surface area contributed by atoms with Gasteiger partial charge in [-0.15, -0.1) is 0 Å². The summed E-state index contributed by atoms with van der Waals surface area (Å²) in [6, 6.07) is 0. The van der Waals surface area contributed by atoms with Crippen LogP contribution in [-0.4, -0.2) is 46.0 Å².